The second kappa shape index (κ2) is 3.25. The van der Waals surface area contributed by atoms with Gasteiger partial charge in [0.1, 0.15) is 6.42 Å². The molecule has 0 unspecified atom stereocenters. The van der Waals surface area contributed by atoms with Crippen LogP contribution >= 0.6 is 0 Å². The van der Waals surface area contributed by atoms with Crippen LogP contribution in [-0.2, 0) is 4.79 Å². The summed E-state index contributed by atoms with van der Waals surface area (Å²) in [5.41, 5.74) is 0. The summed E-state index contributed by atoms with van der Waals surface area (Å²) in [6.45, 7) is 1.31. The molecule has 4 heteroatoms. The highest BCUT2D eigenvalue weighted by Crippen LogP contribution is 2.19. The second-order valence-electron chi connectivity index (χ2n) is 1.59. The van der Waals surface area contributed by atoms with Gasteiger partial charge in [-0.3, -0.25) is 4.79 Å². The normalized spacial score (nSPS) is 10.0. The van der Waals surface area contributed by atoms with Gasteiger partial charge in [0.15, 0.2) is 0 Å². The largest absolute Gasteiger partial charge is 0.396 e. The Hall–Kier alpha value is -0.980. The Morgan fingerprint density at radius 1 is 1.50 bits per heavy atom. The van der Waals surface area contributed by atoms with Crippen molar-refractivity contribution in [3.8, 4) is 11.8 Å². The van der Waals surface area contributed by atoms with E-state index >= 15 is 0 Å². The molecule has 0 aromatic heterocycles. The number of ketones is 1. The number of alkyl halides is 3. The fourth-order valence-electron chi connectivity index (χ4n) is 0.366. The molecule has 0 amide bonds. The van der Waals surface area contributed by atoms with Gasteiger partial charge in [-0.15, -0.1) is 0 Å². The van der Waals surface area contributed by atoms with E-state index in [0.717, 1.165) is 0 Å². The van der Waals surface area contributed by atoms with Gasteiger partial charge < -0.3 is 0 Å². The van der Waals surface area contributed by atoms with Crippen LogP contribution in [0.3, 0.4) is 0 Å². The molecule has 10 heavy (non-hydrogen) atoms. The minimum absolute atomic E-state index is 1.09. The lowest BCUT2D eigenvalue weighted by molar-refractivity contribution is -0.148. The van der Waals surface area contributed by atoms with Crippen LogP contribution in [0.5, 0.6) is 0 Å². The fourth-order valence-corrected chi connectivity index (χ4v) is 0.366. The van der Waals surface area contributed by atoms with Gasteiger partial charge in [0.25, 0.3) is 0 Å². The smallest absolute Gasteiger partial charge is 0.285 e. The lowest BCUT2D eigenvalue weighted by Crippen LogP contribution is -2.13. The summed E-state index contributed by atoms with van der Waals surface area (Å²) < 4.78 is 34.0. The maximum absolute atomic E-state index is 11.3. The van der Waals surface area contributed by atoms with Crippen LogP contribution in [0, 0.1) is 11.8 Å². The summed E-state index contributed by atoms with van der Waals surface area (Å²) in [5, 5.41) is 0. The number of halogens is 3. The molecular formula is C6H5F3O. The molecule has 0 aromatic rings. The van der Waals surface area contributed by atoms with Gasteiger partial charge in [-0.25, -0.2) is 0 Å². The summed E-state index contributed by atoms with van der Waals surface area (Å²) in [4.78, 5) is 10.2. The third-order valence-corrected chi connectivity index (χ3v) is 0.625. The van der Waals surface area contributed by atoms with Crippen LogP contribution in [0.15, 0.2) is 0 Å². The Balaban J connectivity index is 3.89. The Kier molecular flexibility index (Phi) is 2.94. The van der Waals surface area contributed by atoms with Crippen LogP contribution in [-0.4, -0.2) is 12.0 Å². The number of hydrogen-bond donors (Lipinski definition) is 0. The quantitative estimate of drug-likeness (QED) is 0.409. The van der Waals surface area contributed by atoms with Gasteiger partial charge in [-0.1, -0.05) is 5.92 Å². The molecule has 56 valence electrons. The van der Waals surface area contributed by atoms with Crippen LogP contribution in [0.25, 0.3) is 0 Å². The van der Waals surface area contributed by atoms with Crippen molar-refractivity contribution < 1.29 is 18.0 Å². The minimum Gasteiger partial charge on any atom is -0.285 e. The monoisotopic (exact) mass is 150 g/mol. The summed E-state index contributed by atoms with van der Waals surface area (Å²) in [7, 11) is 0. The zero-order chi connectivity index (χ0) is 8.20. The predicted molar refractivity (Wildman–Crippen MR) is 29.1 cm³/mol. The molecule has 0 aromatic carbocycles. The van der Waals surface area contributed by atoms with Crippen molar-refractivity contribution in [3.05, 3.63) is 0 Å². The third kappa shape index (κ3) is 5.16. The molecule has 0 radical (unpaired) electrons. The van der Waals surface area contributed by atoms with E-state index in [1.807, 2.05) is 0 Å². The highest BCUT2D eigenvalue weighted by molar-refractivity contribution is 5.95. The average Bonchev–Trinajstić information content (AvgIpc) is 1.59. The highest BCUT2D eigenvalue weighted by atomic mass is 19.4. The van der Waals surface area contributed by atoms with Gasteiger partial charge in [0, 0.05) is 0 Å². The van der Waals surface area contributed by atoms with Crippen molar-refractivity contribution in [2.45, 2.75) is 19.5 Å². The SMILES string of the molecule is CC#CC(=O)CC(F)(F)F. The molecular weight excluding hydrogens is 145 g/mol. The first-order chi connectivity index (χ1) is 4.45. The van der Waals surface area contributed by atoms with E-state index in [9.17, 15) is 18.0 Å². The maximum atomic E-state index is 11.3. The van der Waals surface area contributed by atoms with E-state index in [1.165, 1.54) is 6.92 Å². The van der Waals surface area contributed by atoms with E-state index in [4.69, 9.17) is 0 Å². The number of hydrogen-bond acceptors (Lipinski definition) is 1. The van der Waals surface area contributed by atoms with E-state index < -0.39 is 18.4 Å². The van der Waals surface area contributed by atoms with Crippen LogP contribution in [0.4, 0.5) is 13.2 Å². The van der Waals surface area contributed by atoms with Gasteiger partial charge in [-0.05, 0) is 12.8 Å². The zero-order valence-corrected chi connectivity index (χ0v) is 5.25. The number of carbonyl (C=O) groups excluding carboxylic acids is 1. The van der Waals surface area contributed by atoms with Crippen molar-refractivity contribution in [1.29, 1.82) is 0 Å². The Bertz CT molecular complexity index is 181. The van der Waals surface area contributed by atoms with Gasteiger partial charge in [-0.2, -0.15) is 13.2 Å². The Morgan fingerprint density at radius 2 is 2.00 bits per heavy atom. The van der Waals surface area contributed by atoms with E-state index in [0.29, 0.717) is 0 Å². The minimum atomic E-state index is -4.43. The molecule has 0 aliphatic rings. The van der Waals surface area contributed by atoms with E-state index in [1.54, 1.807) is 5.92 Å². The molecule has 0 atom stereocenters. The van der Waals surface area contributed by atoms with Gasteiger partial charge in [0.2, 0.25) is 5.78 Å². The average molecular weight is 150 g/mol. The lowest BCUT2D eigenvalue weighted by atomic mass is 10.3. The Labute approximate surface area is 56.2 Å². The molecule has 0 heterocycles. The molecule has 0 spiro atoms. The number of carbonyl (C=O) groups is 1. The summed E-state index contributed by atoms with van der Waals surface area (Å²) in [6, 6.07) is 0. The molecule has 0 aliphatic carbocycles. The molecule has 0 saturated carbocycles. The standard InChI is InChI=1S/C6H5F3O/c1-2-3-5(10)4-6(7,8)9/h4H2,1H3. The first-order valence-electron chi connectivity index (χ1n) is 2.48. The van der Waals surface area contributed by atoms with Crippen molar-refractivity contribution in [1.82, 2.24) is 0 Å². The predicted octanol–water partition coefficient (Wildman–Crippen LogP) is 1.53. The summed E-state index contributed by atoms with van der Waals surface area (Å²) in [5.74, 6) is 2.80. The fraction of sp³-hybridized carbons (Fsp3) is 0.500. The summed E-state index contributed by atoms with van der Waals surface area (Å²) >= 11 is 0. The second-order valence-corrected chi connectivity index (χ2v) is 1.59. The molecule has 0 fully saturated rings. The topological polar surface area (TPSA) is 17.1 Å². The third-order valence-electron chi connectivity index (χ3n) is 0.625. The van der Waals surface area contributed by atoms with Crippen LogP contribution in [0.1, 0.15) is 13.3 Å². The number of Topliss-reactive ketones (excluding diaryl/α,β-unsaturated/α-hetero) is 1. The first kappa shape index (κ1) is 9.02. The van der Waals surface area contributed by atoms with Crippen LogP contribution < -0.4 is 0 Å². The zero-order valence-electron chi connectivity index (χ0n) is 5.25. The van der Waals surface area contributed by atoms with E-state index in [-0.39, 0.29) is 0 Å². The highest BCUT2D eigenvalue weighted by Gasteiger charge is 2.30. The van der Waals surface area contributed by atoms with Crippen molar-refractivity contribution in [2.75, 3.05) is 0 Å². The molecule has 0 bridgehead atoms. The van der Waals surface area contributed by atoms with Crippen LogP contribution in [0.2, 0.25) is 0 Å². The molecule has 0 rings (SSSR count). The van der Waals surface area contributed by atoms with Crippen molar-refractivity contribution in [2.24, 2.45) is 0 Å². The number of rotatable bonds is 1. The molecule has 0 aliphatic heterocycles. The van der Waals surface area contributed by atoms with E-state index in [2.05, 4.69) is 5.92 Å². The first-order valence-corrected chi connectivity index (χ1v) is 2.48. The van der Waals surface area contributed by atoms with Crippen molar-refractivity contribution in [3.63, 3.8) is 0 Å². The van der Waals surface area contributed by atoms with Gasteiger partial charge in [0.05, 0.1) is 0 Å². The molecule has 1 nitrogen and oxygen atoms in total. The molecule has 0 saturated heterocycles. The summed E-state index contributed by atoms with van der Waals surface area (Å²) in [6.07, 6.45) is -5.88. The molecule has 0 N–H and O–H groups in total. The lowest BCUT2D eigenvalue weighted by Gasteiger charge is -1.99. The maximum Gasteiger partial charge on any atom is 0.396 e. The Morgan fingerprint density at radius 3 is 2.30 bits per heavy atom. The van der Waals surface area contributed by atoms with Gasteiger partial charge >= 0.3 is 6.18 Å². The van der Waals surface area contributed by atoms with Crippen molar-refractivity contribution >= 4 is 5.78 Å².